The van der Waals surface area contributed by atoms with E-state index in [4.69, 9.17) is 0 Å². The summed E-state index contributed by atoms with van der Waals surface area (Å²) in [7, 11) is 0. The van der Waals surface area contributed by atoms with Gasteiger partial charge in [-0.05, 0) is 42.0 Å². The second-order valence-electron chi connectivity index (χ2n) is 7.00. The number of carbonyl (C=O) groups excluding carboxylic acids is 2. The van der Waals surface area contributed by atoms with Crippen LogP contribution < -0.4 is 5.32 Å². The van der Waals surface area contributed by atoms with Crippen molar-refractivity contribution in [2.75, 3.05) is 5.32 Å². The van der Waals surface area contributed by atoms with Gasteiger partial charge in [0.25, 0.3) is 0 Å². The summed E-state index contributed by atoms with van der Waals surface area (Å²) >= 11 is 1.24. The zero-order valence-corrected chi connectivity index (χ0v) is 17.4. The van der Waals surface area contributed by atoms with Gasteiger partial charge >= 0.3 is 0 Å². The molecule has 0 radical (unpaired) electrons. The number of hydrogen-bond acceptors (Lipinski definition) is 4. The highest BCUT2D eigenvalue weighted by atomic mass is 32.2. The van der Waals surface area contributed by atoms with Crippen LogP contribution in [0.4, 0.5) is 15.8 Å². The van der Waals surface area contributed by atoms with Gasteiger partial charge < -0.3 is 5.32 Å². The summed E-state index contributed by atoms with van der Waals surface area (Å²) in [6.07, 6.45) is 0.0681. The first kappa shape index (κ1) is 20.8. The van der Waals surface area contributed by atoms with Crippen molar-refractivity contribution in [1.29, 1.82) is 0 Å². The van der Waals surface area contributed by atoms with Gasteiger partial charge in [0.2, 0.25) is 11.8 Å². The van der Waals surface area contributed by atoms with Crippen molar-refractivity contribution in [2.45, 2.75) is 18.2 Å². The Kier molecular flexibility index (Phi) is 6.43. The number of amidine groups is 1. The number of nitrogens with zero attached hydrogens (tertiary/aromatic N) is 2. The Balaban J connectivity index is 1.60. The molecule has 1 aliphatic heterocycles. The summed E-state index contributed by atoms with van der Waals surface area (Å²) in [6, 6.07) is 24.4. The minimum Gasteiger partial charge on any atom is -0.325 e. The van der Waals surface area contributed by atoms with Gasteiger partial charge in [0.05, 0.1) is 12.2 Å². The Labute approximate surface area is 184 Å². The monoisotopic (exact) mass is 433 g/mol. The third kappa shape index (κ3) is 5.38. The molecule has 7 heteroatoms. The molecule has 0 aromatic heterocycles. The molecule has 31 heavy (non-hydrogen) atoms. The molecule has 1 atom stereocenters. The van der Waals surface area contributed by atoms with E-state index in [1.165, 1.54) is 23.9 Å². The molecule has 5 nitrogen and oxygen atoms in total. The summed E-state index contributed by atoms with van der Waals surface area (Å²) in [5.41, 5.74) is 2.14. The summed E-state index contributed by atoms with van der Waals surface area (Å²) in [5.74, 6) is -0.801. The first-order chi connectivity index (χ1) is 15.1. The molecule has 1 saturated heterocycles. The summed E-state index contributed by atoms with van der Waals surface area (Å²) in [4.78, 5) is 32.0. The molecule has 156 valence electrons. The molecule has 1 fully saturated rings. The van der Waals surface area contributed by atoms with Gasteiger partial charge in [-0.15, -0.1) is 0 Å². The zero-order chi connectivity index (χ0) is 21.6. The van der Waals surface area contributed by atoms with Gasteiger partial charge in [-0.25, -0.2) is 9.38 Å². The molecule has 0 aliphatic carbocycles. The Bertz CT molecular complexity index is 1090. The average Bonchev–Trinajstić information content (AvgIpc) is 2.79. The minimum atomic E-state index is -0.612. The fourth-order valence-corrected chi connectivity index (χ4v) is 4.23. The number of amides is 2. The second kappa shape index (κ2) is 9.57. The number of anilines is 1. The number of rotatable bonds is 5. The van der Waals surface area contributed by atoms with Crippen LogP contribution in [0.5, 0.6) is 0 Å². The van der Waals surface area contributed by atoms with E-state index < -0.39 is 5.25 Å². The number of carbonyl (C=O) groups is 2. The number of hydrogen-bond donors (Lipinski definition) is 1. The molecule has 0 spiro atoms. The van der Waals surface area contributed by atoms with Gasteiger partial charge in [-0.2, -0.15) is 0 Å². The van der Waals surface area contributed by atoms with Crippen molar-refractivity contribution < 1.29 is 14.0 Å². The van der Waals surface area contributed by atoms with Crippen molar-refractivity contribution in [2.24, 2.45) is 4.99 Å². The van der Waals surface area contributed by atoms with Crippen LogP contribution in [-0.4, -0.2) is 27.1 Å². The molecule has 1 aliphatic rings. The van der Waals surface area contributed by atoms with E-state index in [2.05, 4.69) is 10.3 Å². The van der Waals surface area contributed by atoms with Gasteiger partial charge in [-0.3, -0.25) is 14.5 Å². The average molecular weight is 434 g/mol. The lowest BCUT2D eigenvalue weighted by Crippen LogP contribution is -2.44. The summed E-state index contributed by atoms with van der Waals surface area (Å²) in [6.45, 7) is 0.347. The first-order valence-corrected chi connectivity index (χ1v) is 10.7. The van der Waals surface area contributed by atoms with Crippen molar-refractivity contribution in [3.8, 4) is 0 Å². The van der Waals surface area contributed by atoms with Crippen LogP contribution in [0.3, 0.4) is 0 Å². The predicted octanol–water partition coefficient (Wildman–Crippen LogP) is 4.99. The van der Waals surface area contributed by atoms with E-state index in [-0.39, 0.29) is 24.1 Å². The maximum Gasteiger partial charge on any atom is 0.238 e. The Morgan fingerprint density at radius 2 is 1.65 bits per heavy atom. The summed E-state index contributed by atoms with van der Waals surface area (Å²) in [5, 5.41) is 2.66. The molecule has 0 bridgehead atoms. The standard InChI is InChI=1S/C24H20FN3O2S/c25-18-11-13-20(14-12-18)27-24-28(16-17-7-3-1-4-8-17)22(29)15-21(31-24)23(30)26-19-9-5-2-6-10-19/h1-14,21H,15-16H2,(H,26,30)/t21-/m1/s1. The van der Waals surface area contributed by atoms with Gasteiger partial charge in [0, 0.05) is 12.1 Å². The Morgan fingerprint density at radius 3 is 2.32 bits per heavy atom. The van der Waals surface area contributed by atoms with Crippen LogP contribution in [0, 0.1) is 5.82 Å². The smallest absolute Gasteiger partial charge is 0.238 e. The van der Waals surface area contributed by atoms with Crippen LogP contribution in [0.25, 0.3) is 0 Å². The number of para-hydroxylation sites is 1. The van der Waals surface area contributed by atoms with E-state index in [9.17, 15) is 14.0 Å². The number of nitrogens with one attached hydrogen (secondary N) is 1. The molecule has 0 unspecified atom stereocenters. The fraction of sp³-hybridized carbons (Fsp3) is 0.125. The van der Waals surface area contributed by atoms with Crippen LogP contribution in [0.1, 0.15) is 12.0 Å². The third-order valence-corrected chi connectivity index (χ3v) is 5.90. The van der Waals surface area contributed by atoms with Crippen molar-refractivity contribution in [3.05, 3.63) is 96.3 Å². The lowest BCUT2D eigenvalue weighted by molar-refractivity contribution is -0.129. The van der Waals surface area contributed by atoms with Crippen LogP contribution >= 0.6 is 11.8 Å². The molecule has 0 saturated carbocycles. The number of aliphatic imine (C=N–C) groups is 1. The third-order valence-electron chi connectivity index (χ3n) is 4.71. The largest absolute Gasteiger partial charge is 0.325 e. The van der Waals surface area contributed by atoms with Crippen LogP contribution in [0.2, 0.25) is 0 Å². The van der Waals surface area contributed by atoms with Crippen LogP contribution in [0.15, 0.2) is 89.9 Å². The number of halogens is 1. The van der Waals surface area contributed by atoms with E-state index in [0.717, 1.165) is 5.56 Å². The zero-order valence-electron chi connectivity index (χ0n) is 16.6. The second-order valence-corrected chi connectivity index (χ2v) is 8.17. The summed E-state index contributed by atoms with van der Waals surface area (Å²) < 4.78 is 13.3. The predicted molar refractivity (Wildman–Crippen MR) is 122 cm³/mol. The molecule has 3 aromatic rings. The molecule has 3 aromatic carbocycles. The van der Waals surface area contributed by atoms with Crippen molar-refractivity contribution >= 4 is 40.1 Å². The van der Waals surface area contributed by atoms with Crippen LogP contribution in [-0.2, 0) is 16.1 Å². The topological polar surface area (TPSA) is 61.8 Å². The van der Waals surface area contributed by atoms with Crippen molar-refractivity contribution in [1.82, 2.24) is 4.90 Å². The Hall–Kier alpha value is -3.45. The molecule has 1 N–H and O–H groups in total. The minimum absolute atomic E-state index is 0.0681. The van der Waals surface area contributed by atoms with E-state index >= 15 is 0 Å². The van der Waals surface area contributed by atoms with Gasteiger partial charge in [0.1, 0.15) is 11.1 Å². The first-order valence-electron chi connectivity index (χ1n) is 9.79. The highest BCUT2D eigenvalue weighted by molar-refractivity contribution is 8.15. The number of benzene rings is 3. The van der Waals surface area contributed by atoms with E-state index in [1.807, 2.05) is 48.5 Å². The number of thioether (sulfide) groups is 1. The normalized spacial score (nSPS) is 17.6. The quantitative estimate of drug-likeness (QED) is 0.617. The highest BCUT2D eigenvalue weighted by Crippen LogP contribution is 2.31. The lowest BCUT2D eigenvalue weighted by Gasteiger charge is -2.32. The lowest BCUT2D eigenvalue weighted by atomic mass is 10.2. The maximum absolute atomic E-state index is 13.3. The molecule has 1 heterocycles. The Morgan fingerprint density at radius 1 is 1.00 bits per heavy atom. The van der Waals surface area contributed by atoms with Gasteiger partial charge in [-0.1, -0.05) is 60.3 Å². The fourth-order valence-electron chi connectivity index (χ4n) is 3.13. The maximum atomic E-state index is 13.3. The molecular weight excluding hydrogens is 413 g/mol. The van der Waals surface area contributed by atoms with E-state index in [1.54, 1.807) is 29.2 Å². The highest BCUT2D eigenvalue weighted by Gasteiger charge is 2.36. The van der Waals surface area contributed by atoms with Crippen molar-refractivity contribution in [3.63, 3.8) is 0 Å². The molecule has 2 amide bonds. The molecule has 4 rings (SSSR count). The van der Waals surface area contributed by atoms with Gasteiger partial charge in [0.15, 0.2) is 5.17 Å². The van der Waals surface area contributed by atoms with E-state index in [0.29, 0.717) is 23.1 Å². The molecular formula is C24H20FN3O2S. The SMILES string of the molecule is O=C(Nc1ccccc1)[C@H]1CC(=O)N(Cc2ccccc2)C(=Nc2ccc(F)cc2)S1.